The quantitative estimate of drug-likeness (QED) is 0.425. The Hall–Kier alpha value is -3.98. The number of para-hydroxylation sites is 2. The number of esters is 1. The van der Waals surface area contributed by atoms with E-state index in [9.17, 15) is 19.2 Å². The fourth-order valence-corrected chi connectivity index (χ4v) is 4.31. The average Bonchev–Trinajstić information content (AvgIpc) is 3.35. The Morgan fingerprint density at radius 1 is 0.970 bits per heavy atom. The molecule has 8 nitrogen and oxygen atoms in total. The third-order valence-electron chi connectivity index (χ3n) is 5.20. The van der Waals surface area contributed by atoms with Crippen LogP contribution in [-0.2, 0) is 29.0 Å². The molecule has 0 aliphatic carbocycles. The highest BCUT2D eigenvalue weighted by Crippen LogP contribution is 2.16. The number of hydrogen-bond donors (Lipinski definition) is 1. The summed E-state index contributed by atoms with van der Waals surface area (Å²) in [6.45, 7) is -0.121. The molecule has 0 spiro atoms. The van der Waals surface area contributed by atoms with Crippen LogP contribution >= 0.6 is 11.3 Å². The molecule has 0 bridgehead atoms. The van der Waals surface area contributed by atoms with Crippen molar-refractivity contribution in [1.29, 1.82) is 0 Å². The van der Waals surface area contributed by atoms with E-state index in [1.807, 2.05) is 17.5 Å². The third kappa shape index (κ3) is 4.63. The first-order valence-corrected chi connectivity index (χ1v) is 11.1. The number of carbonyl (C=O) groups excluding carboxylic acids is 2. The van der Waals surface area contributed by atoms with Gasteiger partial charge in [0, 0.05) is 11.4 Å². The number of nitrogens with zero attached hydrogens (tertiary/aromatic N) is 2. The van der Waals surface area contributed by atoms with Gasteiger partial charge >= 0.3 is 11.7 Å². The molecule has 4 aromatic rings. The molecule has 0 saturated heterocycles. The number of aromatic nitrogens is 2. The van der Waals surface area contributed by atoms with E-state index in [0.717, 1.165) is 9.44 Å². The number of aryl methyl sites for hydroxylation is 1. The lowest BCUT2D eigenvalue weighted by molar-refractivity contribution is -0.116. The fraction of sp³-hybridized carbons (Fsp3) is 0.167. The number of anilines is 1. The third-order valence-corrected chi connectivity index (χ3v) is 6.14. The van der Waals surface area contributed by atoms with Gasteiger partial charge in [-0.2, -0.15) is 0 Å². The van der Waals surface area contributed by atoms with Crippen molar-refractivity contribution in [3.8, 4) is 0 Å². The molecule has 0 unspecified atom stereocenters. The minimum Gasteiger partial charge on any atom is -0.465 e. The van der Waals surface area contributed by atoms with Crippen molar-refractivity contribution in [2.24, 2.45) is 0 Å². The molecule has 0 radical (unpaired) electrons. The molecule has 168 valence electrons. The van der Waals surface area contributed by atoms with Gasteiger partial charge in [0.25, 0.3) is 5.56 Å². The maximum atomic E-state index is 13.2. The highest BCUT2D eigenvalue weighted by atomic mass is 32.1. The van der Waals surface area contributed by atoms with E-state index < -0.39 is 17.6 Å². The number of ether oxygens (including phenoxy) is 1. The molecular formula is C24H21N3O5S. The summed E-state index contributed by atoms with van der Waals surface area (Å²) in [6.07, 6.45) is 0.532. The van der Waals surface area contributed by atoms with Gasteiger partial charge in [0.2, 0.25) is 5.91 Å². The maximum absolute atomic E-state index is 13.2. The molecule has 4 rings (SSSR count). The van der Waals surface area contributed by atoms with Crippen LogP contribution in [0.25, 0.3) is 10.9 Å². The Labute approximate surface area is 192 Å². The summed E-state index contributed by atoms with van der Waals surface area (Å²) in [5.41, 5.74) is -0.105. The molecule has 1 amide bonds. The number of rotatable bonds is 7. The Bertz CT molecular complexity index is 1440. The average molecular weight is 464 g/mol. The van der Waals surface area contributed by atoms with Gasteiger partial charge < -0.3 is 10.1 Å². The van der Waals surface area contributed by atoms with Crippen molar-refractivity contribution in [2.75, 3.05) is 12.4 Å². The van der Waals surface area contributed by atoms with Crippen LogP contribution in [0.4, 0.5) is 5.69 Å². The first kappa shape index (κ1) is 22.2. The van der Waals surface area contributed by atoms with Crippen molar-refractivity contribution in [2.45, 2.75) is 19.5 Å². The molecule has 0 aliphatic heterocycles. The molecular weight excluding hydrogens is 442 g/mol. The van der Waals surface area contributed by atoms with Crippen molar-refractivity contribution in [3.63, 3.8) is 0 Å². The molecule has 33 heavy (non-hydrogen) atoms. The number of benzene rings is 2. The van der Waals surface area contributed by atoms with E-state index >= 15 is 0 Å². The molecule has 2 aromatic carbocycles. The van der Waals surface area contributed by atoms with Gasteiger partial charge in [0.1, 0.15) is 6.54 Å². The van der Waals surface area contributed by atoms with Crippen LogP contribution in [0.2, 0.25) is 0 Å². The molecule has 0 fully saturated rings. The maximum Gasteiger partial charge on any atom is 0.339 e. The van der Waals surface area contributed by atoms with Crippen molar-refractivity contribution in [3.05, 3.63) is 97.3 Å². The van der Waals surface area contributed by atoms with Crippen LogP contribution in [0.15, 0.2) is 75.6 Å². The van der Waals surface area contributed by atoms with E-state index in [1.165, 1.54) is 17.7 Å². The van der Waals surface area contributed by atoms with E-state index in [2.05, 4.69) is 5.32 Å². The van der Waals surface area contributed by atoms with E-state index in [4.69, 9.17) is 4.74 Å². The van der Waals surface area contributed by atoms with E-state index in [0.29, 0.717) is 17.3 Å². The SMILES string of the molecule is COC(=O)c1ccccc1NC(=O)Cn1c(=O)n(CCc2cccs2)c(=O)c2ccccc21. The summed E-state index contributed by atoms with van der Waals surface area (Å²) < 4.78 is 7.20. The van der Waals surface area contributed by atoms with Crippen LogP contribution in [-0.4, -0.2) is 28.1 Å². The fourth-order valence-electron chi connectivity index (χ4n) is 3.61. The van der Waals surface area contributed by atoms with Gasteiger partial charge in [-0.25, -0.2) is 9.59 Å². The van der Waals surface area contributed by atoms with Gasteiger partial charge in [0.15, 0.2) is 0 Å². The lowest BCUT2D eigenvalue weighted by Gasteiger charge is -2.15. The summed E-state index contributed by atoms with van der Waals surface area (Å²) >= 11 is 1.55. The Morgan fingerprint density at radius 3 is 2.48 bits per heavy atom. The molecule has 0 atom stereocenters. The molecule has 9 heteroatoms. The van der Waals surface area contributed by atoms with Crippen LogP contribution < -0.4 is 16.6 Å². The summed E-state index contributed by atoms with van der Waals surface area (Å²) in [5, 5.41) is 4.96. The zero-order valence-corrected chi connectivity index (χ0v) is 18.6. The zero-order chi connectivity index (χ0) is 23.4. The normalized spacial score (nSPS) is 10.8. The topological polar surface area (TPSA) is 99.4 Å². The standard InChI is InChI=1S/C24H21N3O5S/c1-32-23(30)17-8-2-4-10-19(17)25-21(28)15-27-20-11-5-3-9-18(20)22(29)26(24(27)31)13-12-16-7-6-14-33-16/h2-11,14H,12-13,15H2,1H3,(H,25,28). The van der Waals surface area contributed by atoms with Gasteiger partial charge in [0.05, 0.1) is 29.3 Å². The number of hydrogen-bond acceptors (Lipinski definition) is 6. The zero-order valence-electron chi connectivity index (χ0n) is 17.8. The monoisotopic (exact) mass is 463 g/mol. The summed E-state index contributed by atoms with van der Waals surface area (Å²) in [4.78, 5) is 52.2. The molecule has 1 N–H and O–H groups in total. The molecule has 2 aromatic heterocycles. The van der Waals surface area contributed by atoms with Crippen molar-refractivity contribution >= 4 is 39.8 Å². The van der Waals surface area contributed by atoms with Crippen molar-refractivity contribution in [1.82, 2.24) is 9.13 Å². The van der Waals surface area contributed by atoms with Gasteiger partial charge in [-0.05, 0) is 42.1 Å². The Kier molecular flexibility index (Phi) is 6.50. The molecule has 2 heterocycles. The van der Waals surface area contributed by atoms with Crippen LogP contribution in [0.1, 0.15) is 15.2 Å². The van der Waals surface area contributed by atoms with Crippen molar-refractivity contribution < 1.29 is 14.3 Å². The highest BCUT2D eigenvalue weighted by molar-refractivity contribution is 7.09. The highest BCUT2D eigenvalue weighted by Gasteiger charge is 2.17. The number of thiophene rings is 1. The molecule has 0 aliphatic rings. The lowest BCUT2D eigenvalue weighted by Crippen LogP contribution is -2.42. The summed E-state index contributed by atoms with van der Waals surface area (Å²) in [6, 6.07) is 17.0. The largest absolute Gasteiger partial charge is 0.465 e. The first-order chi connectivity index (χ1) is 16.0. The second kappa shape index (κ2) is 9.66. The minimum atomic E-state index is -0.587. The van der Waals surface area contributed by atoms with Gasteiger partial charge in [-0.15, -0.1) is 11.3 Å². The van der Waals surface area contributed by atoms with Crippen LogP contribution in [0.5, 0.6) is 0 Å². The summed E-state index contributed by atoms with van der Waals surface area (Å²) in [7, 11) is 1.26. The van der Waals surface area contributed by atoms with Crippen LogP contribution in [0, 0.1) is 0 Å². The summed E-state index contributed by atoms with van der Waals surface area (Å²) in [5.74, 6) is -1.10. The predicted octanol–water partition coefficient (Wildman–Crippen LogP) is 2.89. The smallest absolute Gasteiger partial charge is 0.339 e. The number of carbonyl (C=O) groups is 2. The van der Waals surface area contributed by atoms with Gasteiger partial charge in [-0.3, -0.25) is 18.7 Å². The lowest BCUT2D eigenvalue weighted by atomic mass is 10.2. The van der Waals surface area contributed by atoms with E-state index in [-0.39, 0.29) is 29.9 Å². The van der Waals surface area contributed by atoms with Gasteiger partial charge in [-0.1, -0.05) is 30.3 Å². The second-order valence-corrected chi connectivity index (χ2v) is 8.29. The Balaban J connectivity index is 1.69. The second-order valence-electron chi connectivity index (χ2n) is 7.26. The predicted molar refractivity (Wildman–Crippen MR) is 127 cm³/mol. The number of nitrogens with one attached hydrogen (secondary N) is 1. The number of methoxy groups -OCH3 is 1. The number of amides is 1. The Morgan fingerprint density at radius 2 is 1.73 bits per heavy atom. The number of fused-ring (bicyclic) bond motifs is 1. The minimum absolute atomic E-state index is 0.200. The van der Waals surface area contributed by atoms with E-state index in [1.54, 1.807) is 53.8 Å². The first-order valence-electron chi connectivity index (χ1n) is 10.2. The van der Waals surface area contributed by atoms with Crippen LogP contribution in [0.3, 0.4) is 0 Å². The molecule has 0 saturated carbocycles.